The molecule has 3 heteroatoms. The Labute approximate surface area is 119 Å². The van der Waals surface area contributed by atoms with Gasteiger partial charge in [0.2, 0.25) is 0 Å². The summed E-state index contributed by atoms with van der Waals surface area (Å²) in [7, 11) is 1.71. The lowest BCUT2D eigenvalue weighted by molar-refractivity contribution is 1.23. The van der Waals surface area contributed by atoms with Gasteiger partial charge in [-0.15, -0.1) is 6.42 Å². The highest BCUT2D eigenvalue weighted by Crippen LogP contribution is 2.20. The summed E-state index contributed by atoms with van der Waals surface area (Å²) in [6.07, 6.45) is 12.3. The van der Waals surface area contributed by atoms with Crippen LogP contribution in [-0.2, 0) is 0 Å². The Hall–Kier alpha value is -2.73. The summed E-state index contributed by atoms with van der Waals surface area (Å²) >= 11 is 0. The van der Waals surface area contributed by atoms with E-state index >= 15 is 0 Å². The lowest BCUT2D eigenvalue weighted by atomic mass is 10.1. The molecule has 0 bridgehead atoms. The van der Waals surface area contributed by atoms with Crippen molar-refractivity contribution in [2.24, 2.45) is 4.99 Å². The van der Waals surface area contributed by atoms with E-state index in [0.29, 0.717) is 0 Å². The average molecular weight is 261 g/mol. The van der Waals surface area contributed by atoms with E-state index in [-0.39, 0.29) is 0 Å². The zero-order chi connectivity index (χ0) is 14.4. The molecule has 0 spiro atoms. The minimum absolute atomic E-state index is 0.812. The van der Waals surface area contributed by atoms with Crippen LogP contribution in [0.25, 0.3) is 16.8 Å². The maximum atomic E-state index is 5.36. The standard InChI is InChI=1S/C17H15N3/c1-4-6-14(11-18-3)16-9-13(2)10-17(20-16)15-7-5-8-19-12-15/h1,5-12H,2-3H3/b14-6+,18-11?. The van der Waals surface area contributed by atoms with Gasteiger partial charge in [-0.05, 0) is 42.8 Å². The minimum atomic E-state index is 0.812. The molecule has 0 fully saturated rings. The highest BCUT2D eigenvalue weighted by molar-refractivity contribution is 6.09. The molecular formula is C17H15N3. The molecule has 0 saturated carbocycles. The number of aromatic nitrogens is 2. The normalized spacial score (nSPS) is 11.6. The van der Waals surface area contributed by atoms with Crippen molar-refractivity contribution in [3.05, 3.63) is 54.0 Å². The first-order chi connectivity index (χ1) is 9.74. The molecule has 2 aromatic rings. The summed E-state index contributed by atoms with van der Waals surface area (Å²) in [4.78, 5) is 12.8. The fourth-order valence-electron chi connectivity index (χ4n) is 1.88. The Morgan fingerprint density at radius 1 is 1.40 bits per heavy atom. The van der Waals surface area contributed by atoms with Crippen molar-refractivity contribution >= 4 is 11.8 Å². The largest absolute Gasteiger partial charge is 0.296 e. The maximum absolute atomic E-state index is 5.36. The van der Waals surface area contributed by atoms with Crippen LogP contribution in [0.1, 0.15) is 11.3 Å². The van der Waals surface area contributed by atoms with Crippen LogP contribution >= 0.6 is 0 Å². The maximum Gasteiger partial charge on any atom is 0.0733 e. The van der Waals surface area contributed by atoms with Crippen LogP contribution in [0.15, 0.2) is 47.7 Å². The van der Waals surface area contributed by atoms with Crippen molar-refractivity contribution in [1.29, 1.82) is 0 Å². The van der Waals surface area contributed by atoms with Crippen molar-refractivity contribution in [3.8, 4) is 23.6 Å². The second kappa shape index (κ2) is 6.44. The quantitative estimate of drug-likeness (QED) is 0.628. The molecule has 0 amide bonds. The van der Waals surface area contributed by atoms with Crippen molar-refractivity contribution in [2.75, 3.05) is 7.05 Å². The Morgan fingerprint density at radius 3 is 2.90 bits per heavy atom. The molecule has 2 rings (SSSR count). The average Bonchev–Trinajstić information content (AvgIpc) is 2.47. The number of pyridine rings is 2. The molecule has 0 aliphatic carbocycles. The summed E-state index contributed by atoms with van der Waals surface area (Å²) in [5.74, 6) is 2.52. The molecule has 0 atom stereocenters. The number of terminal acetylenes is 1. The molecule has 0 aliphatic rings. The van der Waals surface area contributed by atoms with Crippen molar-refractivity contribution in [1.82, 2.24) is 9.97 Å². The first kappa shape index (κ1) is 13.7. The highest BCUT2D eigenvalue weighted by Gasteiger charge is 2.06. The first-order valence-corrected chi connectivity index (χ1v) is 6.22. The van der Waals surface area contributed by atoms with Gasteiger partial charge in [0.1, 0.15) is 0 Å². The topological polar surface area (TPSA) is 38.1 Å². The molecular weight excluding hydrogens is 246 g/mol. The fourth-order valence-corrected chi connectivity index (χ4v) is 1.88. The summed E-state index contributed by atoms with van der Waals surface area (Å²) in [5.41, 5.74) is 4.60. The van der Waals surface area contributed by atoms with Gasteiger partial charge in [-0.25, -0.2) is 4.98 Å². The Kier molecular flexibility index (Phi) is 4.41. The van der Waals surface area contributed by atoms with Crippen LogP contribution in [0.3, 0.4) is 0 Å². The lowest BCUT2D eigenvalue weighted by Crippen LogP contribution is -1.95. The molecule has 0 N–H and O–H groups in total. The Balaban J connectivity index is 2.55. The monoisotopic (exact) mass is 261 g/mol. The van der Waals surface area contributed by atoms with Crippen molar-refractivity contribution in [2.45, 2.75) is 6.92 Å². The summed E-state index contributed by atoms with van der Waals surface area (Å²) in [6.45, 7) is 2.03. The van der Waals surface area contributed by atoms with Gasteiger partial charge in [-0.3, -0.25) is 9.98 Å². The van der Waals surface area contributed by atoms with Gasteiger partial charge in [0.05, 0.1) is 11.4 Å². The van der Waals surface area contributed by atoms with Crippen LogP contribution < -0.4 is 0 Å². The third-order valence-electron chi connectivity index (χ3n) is 2.73. The molecule has 3 nitrogen and oxygen atoms in total. The van der Waals surface area contributed by atoms with Gasteiger partial charge < -0.3 is 0 Å². The van der Waals surface area contributed by atoms with Crippen molar-refractivity contribution in [3.63, 3.8) is 0 Å². The highest BCUT2D eigenvalue weighted by atomic mass is 14.7. The third-order valence-corrected chi connectivity index (χ3v) is 2.73. The second-order valence-electron chi connectivity index (χ2n) is 4.31. The van der Waals surface area contributed by atoms with E-state index in [1.165, 1.54) is 0 Å². The molecule has 20 heavy (non-hydrogen) atoms. The number of nitrogens with zero attached hydrogens (tertiary/aromatic N) is 3. The number of aryl methyl sites for hydroxylation is 1. The van der Waals surface area contributed by atoms with Gasteiger partial charge in [-0.2, -0.15) is 0 Å². The number of rotatable bonds is 3. The molecule has 0 aliphatic heterocycles. The van der Waals surface area contributed by atoms with E-state index < -0.39 is 0 Å². The van der Waals surface area contributed by atoms with E-state index in [0.717, 1.165) is 28.1 Å². The Morgan fingerprint density at radius 2 is 2.25 bits per heavy atom. The molecule has 0 radical (unpaired) electrons. The van der Waals surface area contributed by atoms with Gasteiger partial charge >= 0.3 is 0 Å². The third kappa shape index (κ3) is 3.18. The zero-order valence-corrected chi connectivity index (χ0v) is 11.5. The second-order valence-corrected chi connectivity index (χ2v) is 4.31. The summed E-state index contributed by atoms with van der Waals surface area (Å²) < 4.78 is 0. The number of allylic oxidation sites excluding steroid dienone is 2. The van der Waals surface area contributed by atoms with E-state index in [1.807, 2.05) is 31.2 Å². The summed E-state index contributed by atoms with van der Waals surface area (Å²) in [5, 5.41) is 0. The lowest BCUT2D eigenvalue weighted by Gasteiger charge is -2.07. The van der Waals surface area contributed by atoms with Crippen LogP contribution in [0.4, 0.5) is 0 Å². The number of hydrogen-bond acceptors (Lipinski definition) is 3. The number of hydrogen-bond donors (Lipinski definition) is 0. The smallest absolute Gasteiger partial charge is 0.0733 e. The number of aliphatic imine (C=N–C) groups is 1. The van der Waals surface area contributed by atoms with Crippen LogP contribution in [-0.4, -0.2) is 23.2 Å². The van der Waals surface area contributed by atoms with E-state index in [2.05, 4.69) is 20.9 Å². The molecule has 2 heterocycles. The van der Waals surface area contributed by atoms with Gasteiger partial charge in [0.25, 0.3) is 0 Å². The molecule has 2 aromatic heterocycles. The van der Waals surface area contributed by atoms with Gasteiger partial charge in [0.15, 0.2) is 0 Å². The molecule has 0 aromatic carbocycles. The van der Waals surface area contributed by atoms with Crippen LogP contribution in [0, 0.1) is 19.3 Å². The molecule has 0 unspecified atom stereocenters. The van der Waals surface area contributed by atoms with Crippen molar-refractivity contribution < 1.29 is 0 Å². The summed E-state index contributed by atoms with van der Waals surface area (Å²) in [6, 6.07) is 7.89. The van der Waals surface area contributed by atoms with Gasteiger partial charge in [-0.1, -0.05) is 5.92 Å². The van der Waals surface area contributed by atoms with E-state index in [9.17, 15) is 0 Å². The van der Waals surface area contributed by atoms with Crippen LogP contribution in [0.2, 0.25) is 0 Å². The predicted molar refractivity (Wildman–Crippen MR) is 83.4 cm³/mol. The van der Waals surface area contributed by atoms with Gasteiger partial charge in [0, 0.05) is 36.8 Å². The van der Waals surface area contributed by atoms with Crippen LogP contribution in [0.5, 0.6) is 0 Å². The fraction of sp³-hybridized carbons (Fsp3) is 0.118. The minimum Gasteiger partial charge on any atom is -0.296 e. The SMILES string of the molecule is C#C/C=C(\C=NC)c1cc(C)cc(-c2cccnc2)n1. The van der Waals surface area contributed by atoms with E-state index in [4.69, 9.17) is 6.42 Å². The first-order valence-electron chi connectivity index (χ1n) is 6.22. The van der Waals surface area contributed by atoms with E-state index in [1.54, 1.807) is 31.7 Å². The predicted octanol–water partition coefficient (Wildman–Crippen LogP) is 3.17. The molecule has 0 saturated heterocycles. The Bertz CT molecular complexity index is 692. The zero-order valence-electron chi connectivity index (χ0n) is 11.5. The molecule has 98 valence electrons.